The number of nitrogens with zero attached hydrogens (tertiary/aromatic N) is 2. The Morgan fingerprint density at radius 3 is 2.70 bits per heavy atom. The molecule has 0 aromatic carbocycles. The van der Waals surface area contributed by atoms with Crippen LogP contribution in [0.2, 0.25) is 0 Å². The summed E-state index contributed by atoms with van der Waals surface area (Å²) in [5.41, 5.74) is 0.459. The molecule has 1 amide bonds. The number of carbonyl (C=O) groups is 1. The number of ether oxygens (including phenoxy) is 2. The maximum absolute atomic E-state index is 13.8. The van der Waals surface area contributed by atoms with Crippen molar-refractivity contribution >= 4 is 5.91 Å². The number of rotatable bonds is 5. The van der Waals surface area contributed by atoms with Gasteiger partial charge in [0.2, 0.25) is 11.6 Å². The Morgan fingerprint density at radius 2 is 2.03 bits per heavy atom. The highest BCUT2D eigenvalue weighted by Crippen LogP contribution is 2.46. The van der Waals surface area contributed by atoms with Crippen LogP contribution in [0.5, 0.6) is 5.75 Å². The van der Waals surface area contributed by atoms with Crippen LogP contribution >= 0.6 is 0 Å². The second kappa shape index (κ2) is 9.29. The fraction of sp³-hybridized carbons (Fsp3) is 0.739. The summed E-state index contributed by atoms with van der Waals surface area (Å²) in [5.74, 6) is -0.320. The lowest BCUT2D eigenvalue weighted by atomic mass is 9.74. The molecule has 7 nitrogen and oxygen atoms in total. The van der Waals surface area contributed by atoms with E-state index >= 15 is 0 Å². The predicted molar refractivity (Wildman–Crippen MR) is 112 cm³/mol. The van der Waals surface area contributed by atoms with Gasteiger partial charge in [-0.1, -0.05) is 13.8 Å². The van der Waals surface area contributed by atoms with Gasteiger partial charge in [-0.2, -0.15) is 0 Å². The van der Waals surface area contributed by atoms with Gasteiger partial charge in [-0.05, 0) is 44.1 Å². The summed E-state index contributed by atoms with van der Waals surface area (Å²) in [6.07, 6.45) is 0.823. The minimum absolute atomic E-state index is 0.0473. The van der Waals surface area contributed by atoms with E-state index in [0.29, 0.717) is 35.0 Å². The van der Waals surface area contributed by atoms with Gasteiger partial charge >= 0.3 is 6.36 Å². The molecule has 2 fully saturated rings. The third-order valence-corrected chi connectivity index (χ3v) is 7.49. The molecule has 2 aliphatic heterocycles. The van der Waals surface area contributed by atoms with Gasteiger partial charge in [-0.15, -0.1) is 13.2 Å². The van der Waals surface area contributed by atoms with Gasteiger partial charge in [0.05, 0.1) is 18.4 Å². The Kier molecular flexibility index (Phi) is 6.77. The van der Waals surface area contributed by atoms with Gasteiger partial charge < -0.3 is 19.7 Å². The van der Waals surface area contributed by atoms with E-state index < -0.39 is 17.5 Å². The topological polar surface area (TPSA) is 74.9 Å². The highest BCUT2D eigenvalue weighted by Gasteiger charge is 2.50. The molecule has 0 unspecified atom stereocenters. The molecule has 3 heterocycles. The maximum atomic E-state index is 13.8. The highest BCUT2D eigenvalue weighted by molar-refractivity contribution is 5.83. The zero-order chi connectivity index (χ0) is 23.8. The zero-order valence-electron chi connectivity index (χ0n) is 19.2. The van der Waals surface area contributed by atoms with Crippen molar-refractivity contribution in [2.24, 2.45) is 11.3 Å². The number of hydrogen-bond acceptors (Lipinski definition) is 5. The monoisotopic (exact) mass is 472 g/mol. The summed E-state index contributed by atoms with van der Waals surface area (Å²) < 4.78 is 48.1. The Hall–Kier alpha value is -2.07. The lowest BCUT2D eigenvalue weighted by Gasteiger charge is -2.39. The molecule has 1 aromatic heterocycles. The van der Waals surface area contributed by atoms with Crippen molar-refractivity contribution in [3.05, 3.63) is 23.5 Å². The number of nitrogens with one attached hydrogen (secondary N) is 1. The van der Waals surface area contributed by atoms with Gasteiger partial charge in [0, 0.05) is 42.1 Å². The Balaban J connectivity index is 1.49. The molecule has 0 radical (unpaired) electrons. The number of aromatic nitrogens is 1. The van der Waals surface area contributed by atoms with Crippen molar-refractivity contribution < 1.29 is 37.4 Å². The number of carbonyl (C=O) groups excluding carboxylic acids is 1. The summed E-state index contributed by atoms with van der Waals surface area (Å²) in [4.78, 5) is 15.5. The van der Waals surface area contributed by atoms with Crippen molar-refractivity contribution in [2.75, 3.05) is 19.8 Å². The number of alkyl halides is 3. The molecule has 1 aliphatic carbocycles. The van der Waals surface area contributed by atoms with Crippen LogP contribution in [0.3, 0.4) is 0 Å². The van der Waals surface area contributed by atoms with Crippen LogP contribution in [0, 0.1) is 11.3 Å². The third kappa shape index (κ3) is 5.21. The molecule has 3 aliphatic rings. The maximum Gasteiger partial charge on any atom is 0.573 e. The van der Waals surface area contributed by atoms with Crippen molar-refractivity contribution in [1.82, 2.24) is 10.2 Å². The van der Waals surface area contributed by atoms with E-state index in [-0.39, 0.29) is 24.4 Å². The van der Waals surface area contributed by atoms with Gasteiger partial charge in [-0.25, -0.2) is 0 Å². The van der Waals surface area contributed by atoms with Gasteiger partial charge in [-0.3, -0.25) is 10.0 Å². The minimum atomic E-state index is -4.86. The van der Waals surface area contributed by atoms with E-state index in [1.54, 1.807) is 4.90 Å². The van der Waals surface area contributed by atoms with Crippen molar-refractivity contribution in [1.29, 1.82) is 0 Å². The highest BCUT2D eigenvalue weighted by atomic mass is 19.4. The van der Waals surface area contributed by atoms with E-state index in [1.165, 1.54) is 6.07 Å². The average molecular weight is 473 g/mol. The van der Waals surface area contributed by atoms with Gasteiger partial charge in [0.25, 0.3) is 6.20 Å². The minimum Gasteiger partial charge on any atom is -0.399 e. The molecule has 0 bridgehead atoms. The molecule has 1 saturated carbocycles. The number of amides is 1. The molecule has 0 spiro atoms. The average Bonchev–Trinajstić information content (AvgIpc) is 3.17. The predicted octanol–water partition coefficient (Wildman–Crippen LogP) is 2.96. The number of pyridine rings is 1. The summed E-state index contributed by atoms with van der Waals surface area (Å²) in [6, 6.07) is 1.94. The van der Waals surface area contributed by atoms with Crippen molar-refractivity contribution in [3.63, 3.8) is 0 Å². The number of halogens is 3. The fourth-order valence-corrected chi connectivity index (χ4v) is 5.63. The van der Waals surface area contributed by atoms with Crippen LogP contribution in [-0.2, 0) is 22.5 Å². The van der Waals surface area contributed by atoms with Crippen molar-refractivity contribution in [2.45, 2.75) is 77.4 Å². The largest absolute Gasteiger partial charge is 0.573 e. The molecule has 184 valence electrons. The molecule has 2 N–H and O–H groups in total. The Morgan fingerprint density at radius 1 is 1.30 bits per heavy atom. The van der Waals surface area contributed by atoms with Crippen LogP contribution in [0.4, 0.5) is 13.2 Å². The lowest BCUT2D eigenvalue weighted by Crippen LogP contribution is -2.50. The van der Waals surface area contributed by atoms with E-state index in [9.17, 15) is 23.2 Å². The first-order valence-electron chi connectivity index (χ1n) is 11.7. The Bertz CT molecular complexity index is 873. The van der Waals surface area contributed by atoms with Crippen LogP contribution in [-0.4, -0.2) is 54.2 Å². The standard InChI is InChI=1S/C23H33F3N3O4/c1-15(2)22(7-3-18(12-22)27-17-5-9-32-10-6-17)21(30)28-8-4-20-16(13-28)11-19(14-29(20)31)33-23(24,25)26/h11,14-15,17-18,27,31H,3-10,12-13H2,1-2H3/q+1/t18-,22+/m1/s1. The van der Waals surface area contributed by atoms with Crippen molar-refractivity contribution in [3.8, 4) is 5.75 Å². The van der Waals surface area contributed by atoms with Crippen LogP contribution in [0.15, 0.2) is 12.3 Å². The molecule has 1 saturated heterocycles. The fourth-order valence-electron chi connectivity index (χ4n) is 5.63. The molecule has 1 aromatic rings. The Labute approximate surface area is 191 Å². The lowest BCUT2D eigenvalue weighted by molar-refractivity contribution is -0.910. The van der Waals surface area contributed by atoms with E-state index in [4.69, 9.17) is 4.74 Å². The molecular weight excluding hydrogens is 439 g/mol. The number of hydrogen-bond donors (Lipinski definition) is 2. The first-order chi connectivity index (χ1) is 15.6. The molecule has 4 rings (SSSR count). The first-order valence-corrected chi connectivity index (χ1v) is 11.7. The smallest absolute Gasteiger partial charge is 0.399 e. The second-order valence-electron chi connectivity index (χ2n) is 9.82. The number of fused-ring (bicyclic) bond motifs is 1. The normalized spacial score (nSPS) is 26.5. The van der Waals surface area contributed by atoms with E-state index in [2.05, 4.69) is 23.9 Å². The van der Waals surface area contributed by atoms with Crippen LogP contribution in [0.25, 0.3) is 0 Å². The first kappa shape index (κ1) is 24.1. The summed E-state index contributed by atoms with van der Waals surface area (Å²) in [5, 5.41) is 13.9. The van der Waals surface area contributed by atoms with E-state index in [0.717, 1.165) is 51.5 Å². The molecule has 2 atom stereocenters. The summed E-state index contributed by atoms with van der Waals surface area (Å²) in [7, 11) is 0. The third-order valence-electron chi connectivity index (χ3n) is 7.49. The SMILES string of the molecule is CC(C)[C@]1(C(=O)N2CCc3c(cc(OC(F)(F)F)c[n+]3O)C2)CC[C@@H](NC2CCOCC2)C1. The zero-order valence-corrected chi connectivity index (χ0v) is 19.2. The second-order valence-corrected chi connectivity index (χ2v) is 9.82. The van der Waals surface area contributed by atoms with Crippen LogP contribution in [0.1, 0.15) is 57.2 Å². The molecule has 33 heavy (non-hydrogen) atoms. The quantitative estimate of drug-likeness (QED) is 0.509. The molecular formula is C23H33F3N3O4+. The van der Waals surface area contributed by atoms with E-state index in [1.807, 2.05) is 0 Å². The summed E-state index contributed by atoms with van der Waals surface area (Å²) >= 11 is 0. The summed E-state index contributed by atoms with van der Waals surface area (Å²) in [6.45, 7) is 6.23. The van der Waals surface area contributed by atoms with Gasteiger partial charge in [0.1, 0.15) is 0 Å². The molecule has 10 heteroatoms. The van der Waals surface area contributed by atoms with Gasteiger partial charge in [0.15, 0.2) is 5.75 Å². The van der Waals surface area contributed by atoms with Crippen LogP contribution < -0.4 is 14.8 Å².